The van der Waals surface area contributed by atoms with E-state index >= 15 is 0 Å². The molecule has 0 saturated carbocycles. The zero-order valence-electron chi connectivity index (χ0n) is 10.9. The molecule has 0 amide bonds. The highest BCUT2D eigenvalue weighted by Gasteiger charge is 2.15. The normalized spacial score (nSPS) is 10.8. The number of rotatable bonds is 4. The van der Waals surface area contributed by atoms with Crippen molar-refractivity contribution in [3.05, 3.63) is 59.4 Å². The molecule has 0 spiro atoms. The van der Waals surface area contributed by atoms with Crippen LogP contribution >= 0.6 is 0 Å². The Morgan fingerprint density at radius 2 is 2.05 bits per heavy atom. The van der Waals surface area contributed by atoms with Gasteiger partial charge in [-0.05, 0) is 30.2 Å². The Hall–Kier alpha value is -2.39. The first-order valence-corrected chi connectivity index (χ1v) is 7.56. The third-order valence-corrected chi connectivity index (χ3v) is 4.01. The number of sulfonamides is 1. The lowest BCUT2D eigenvalue weighted by Gasteiger charge is -2.10. The Kier molecular flexibility index (Phi) is 4.01. The molecule has 102 valence electrons. The molecule has 0 aliphatic heterocycles. The SMILES string of the molecule is Cc1ccncc1NS(=O)(=O)Cc1ccccc1C#N. The van der Waals surface area contributed by atoms with Crippen LogP contribution in [0.25, 0.3) is 0 Å². The molecule has 0 bridgehead atoms. The lowest BCUT2D eigenvalue weighted by Crippen LogP contribution is -2.16. The minimum atomic E-state index is -3.58. The molecule has 20 heavy (non-hydrogen) atoms. The van der Waals surface area contributed by atoms with E-state index < -0.39 is 10.0 Å². The molecule has 0 unspecified atom stereocenters. The molecule has 1 aromatic heterocycles. The topological polar surface area (TPSA) is 82.8 Å². The van der Waals surface area contributed by atoms with Crippen LogP contribution in [0.1, 0.15) is 16.7 Å². The number of pyridine rings is 1. The first-order valence-electron chi connectivity index (χ1n) is 5.91. The summed E-state index contributed by atoms with van der Waals surface area (Å²) in [5, 5.41) is 8.97. The smallest absolute Gasteiger partial charge is 0.237 e. The number of nitrogens with one attached hydrogen (secondary N) is 1. The van der Waals surface area contributed by atoms with Crippen molar-refractivity contribution in [2.24, 2.45) is 0 Å². The van der Waals surface area contributed by atoms with E-state index in [-0.39, 0.29) is 5.75 Å². The molecule has 0 fully saturated rings. The van der Waals surface area contributed by atoms with Gasteiger partial charge in [-0.15, -0.1) is 0 Å². The molecule has 5 nitrogen and oxygen atoms in total. The molecule has 0 aliphatic rings. The molecule has 6 heteroatoms. The van der Waals surface area contributed by atoms with Crippen LogP contribution in [0.4, 0.5) is 5.69 Å². The van der Waals surface area contributed by atoms with E-state index in [1.165, 1.54) is 6.20 Å². The van der Waals surface area contributed by atoms with Gasteiger partial charge < -0.3 is 0 Å². The lowest BCUT2D eigenvalue weighted by molar-refractivity contribution is 0.600. The summed E-state index contributed by atoms with van der Waals surface area (Å²) >= 11 is 0. The Morgan fingerprint density at radius 1 is 1.30 bits per heavy atom. The van der Waals surface area contributed by atoms with Crippen LogP contribution in [0.5, 0.6) is 0 Å². The molecule has 1 aromatic carbocycles. The highest BCUT2D eigenvalue weighted by molar-refractivity contribution is 7.91. The number of nitrogens with zero attached hydrogens (tertiary/aromatic N) is 2. The average Bonchev–Trinajstić information content (AvgIpc) is 2.41. The maximum absolute atomic E-state index is 12.1. The monoisotopic (exact) mass is 287 g/mol. The molecule has 1 N–H and O–H groups in total. The van der Waals surface area contributed by atoms with Crippen LogP contribution in [0.3, 0.4) is 0 Å². The van der Waals surface area contributed by atoms with E-state index in [1.807, 2.05) is 6.07 Å². The van der Waals surface area contributed by atoms with E-state index in [4.69, 9.17) is 5.26 Å². The second-order valence-electron chi connectivity index (χ2n) is 4.32. The zero-order chi connectivity index (χ0) is 14.6. The largest absolute Gasteiger partial charge is 0.281 e. The first kappa shape index (κ1) is 14.0. The standard InChI is InChI=1S/C14H13N3O2S/c1-11-6-7-16-9-14(11)17-20(18,19)10-13-5-3-2-4-12(13)8-15/h2-7,9,17H,10H2,1H3. The van der Waals surface area contributed by atoms with Crippen molar-refractivity contribution >= 4 is 15.7 Å². The molecule has 0 radical (unpaired) electrons. The number of nitriles is 1. The molecule has 0 atom stereocenters. The van der Waals surface area contributed by atoms with Crippen LogP contribution in [-0.4, -0.2) is 13.4 Å². The fourth-order valence-corrected chi connectivity index (χ4v) is 3.02. The highest BCUT2D eigenvalue weighted by atomic mass is 32.2. The first-order chi connectivity index (χ1) is 9.52. The van der Waals surface area contributed by atoms with Gasteiger partial charge in [-0.25, -0.2) is 8.42 Å². The molecule has 0 saturated heterocycles. The van der Waals surface area contributed by atoms with E-state index in [9.17, 15) is 8.42 Å². The van der Waals surface area contributed by atoms with Gasteiger partial charge >= 0.3 is 0 Å². The van der Waals surface area contributed by atoms with Gasteiger partial charge in [0.05, 0.1) is 29.3 Å². The van der Waals surface area contributed by atoms with E-state index in [2.05, 4.69) is 9.71 Å². The number of benzene rings is 1. The molecule has 1 heterocycles. The van der Waals surface area contributed by atoms with Crippen molar-refractivity contribution in [2.75, 3.05) is 4.72 Å². The van der Waals surface area contributed by atoms with Crippen molar-refractivity contribution in [3.8, 4) is 6.07 Å². The quantitative estimate of drug-likeness (QED) is 0.934. The van der Waals surface area contributed by atoms with Crippen molar-refractivity contribution in [2.45, 2.75) is 12.7 Å². The van der Waals surface area contributed by atoms with Crippen LogP contribution in [0.15, 0.2) is 42.7 Å². The van der Waals surface area contributed by atoms with Crippen LogP contribution < -0.4 is 4.72 Å². The van der Waals surface area contributed by atoms with Gasteiger partial charge in [-0.3, -0.25) is 9.71 Å². The summed E-state index contributed by atoms with van der Waals surface area (Å²) in [6.07, 6.45) is 3.06. The van der Waals surface area contributed by atoms with Crippen molar-refractivity contribution in [3.63, 3.8) is 0 Å². The van der Waals surface area contributed by atoms with Gasteiger partial charge in [0.2, 0.25) is 10.0 Å². The van der Waals surface area contributed by atoms with Gasteiger partial charge in [0.1, 0.15) is 0 Å². The van der Waals surface area contributed by atoms with E-state index in [1.54, 1.807) is 43.5 Å². The summed E-state index contributed by atoms with van der Waals surface area (Å²) < 4.78 is 26.8. The Labute approximate surface area is 118 Å². The number of anilines is 1. The van der Waals surface area contributed by atoms with Gasteiger partial charge in [0.15, 0.2) is 0 Å². The van der Waals surface area contributed by atoms with Gasteiger partial charge in [-0.2, -0.15) is 5.26 Å². The fourth-order valence-electron chi connectivity index (χ4n) is 1.73. The van der Waals surface area contributed by atoms with E-state index in [0.717, 1.165) is 5.56 Å². The summed E-state index contributed by atoms with van der Waals surface area (Å²) in [6.45, 7) is 1.79. The molecular weight excluding hydrogens is 274 g/mol. The second kappa shape index (κ2) is 5.72. The van der Waals surface area contributed by atoms with Crippen LogP contribution in [-0.2, 0) is 15.8 Å². The van der Waals surface area contributed by atoms with Crippen LogP contribution in [0, 0.1) is 18.3 Å². The number of aryl methyl sites for hydroxylation is 1. The maximum Gasteiger partial charge on any atom is 0.237 e. The number of aromatic nitrogens is 1. The Balaban J connectivity index is 2.25. The highest BCUT2D eigenvalue weighted by Crippen LogP contribution is 2.17. The van der Waals surface area contributed by atoms with Gasteiger partial charge in [-0.1, -0.05) is 18.2 Å². The van der Waals surface area contributed by atoms with Crippen LogP contribution in [0.2, 0.25) is 0 Å². The lowest BCUT2D eigenvalue weighted by atomic mass is 10.1. The maximum atomic E-state index is 12.1. The molecular formula is C14H13N3O2S. The third-order valence-electron chi connectivity index (χ3n) is 2.79. The fraction of sp³-hybridized carbons (Fsp3) is 0.143. The molecule has 2 rings (SSSR count). The predicted octanol–water partition coefficient (Wildman–Crippen LogP) is 2.20. The number of hydrogen-bond donors (Lipinski definition) is 1. The summed E-state index contributed by atoms with van der Waals surface area (Å²) in [5.41, 5.74) is 2.07. The van der Waals surface area contributed by atoms with Crippen molar-refractivity contribution in [1.29, 1.82) is 5.26 Å². The second-order valence-corrected chi connectivity index (χ2v) is 6.04. The number of hydrogen-bond acceptors (Lipinski definition) is 4. The molecule has 2 aromatic rings. The molecule has 0 aliphatic carbocycles. The van der Waals surface area contributed by atoms with Crippen molar-refractivity contribution in [1.82, 2.24) is 4.98 Å². The summed E-state index contributed by atoms with van der Waals surface area (Å²) in [4.78, 5) is 3.89. The van der Waals surface area contributed by atoms with Gasteiger partial charge in [0.25, 0.3) is 0 Å². The average molecular weight is 287 g/mol. The van der Waals surface area contributed by atoms with Gasteiger partial charge in [0, 0.05) is 6.20 Å². The zero-order valence-corrected chi connectivity index (χ0v) is 11.7. The summed E-state index contributed by atoms with van der Waals surface area (Å²) in [6, 6.07) is 10.4. The third kappa shape index (κ3) is 3.33. The minimum absolute atomic E-state index is 0.245. The Morgan fingerprint density at radius 3 is 2.75 bits per heavy atom. The summed E-state index contributed by atoms with van der Waals surface area (Å²) in [7, 11) is -3.58. The Bertz CT molecular complexity index is 764. The predicted molar refractivity (Wildman–Crippen MR) is 76.4 cm³/mol. The van der Waals surface area contributed by atoms with E-state index in [0.29, 0.717) is 16.8 Å². The minimum Gasteiger partial charge on any atom is -0.281 e. The van der Waals surface area contributed by atoms with Crippen molar-refractivity contribution < 1.29 is 8.42 Å². The summed E-state index contributed by atoms with van der Waals surface area (Å²) in [5.74, 6) is -0.245.